The fourth-order valence-corrected chi connectivity index (χ4v) is 3.27. The minimum absolute atomic E-state index is 0.0947. The Labute approximate surface area is 133 Å². The van der Waals surface area contributed by atoms with E-state index in [1.807, 2.05) is 11.0 Å². The number of carbonyl (C=O) groups is 2. The van der Waals surface area contributed by atoms with Crippen molar-refractivity contribution in [3.8, 4) is 6.07 Å². The summed E-state index contributed by atoms with van der Waals surface area (Å²) in [7, 11) is 1.26. The molecule has 0 bridgehead atoms. The smallest absolute Gasteiger partial charge is 0.356 e. The molecule has 0 N–H and O–H groups in total. The highest BCUT2D eigenvalue weighted by atomic mass is 16.5. The van der Waals surface area contributed by atoms with E-state index in [0.717, 1.165) is 6.42 Å². The Bertz CT molecular complexity index is 712. The van der Waals surface area contributed by atoms with Crippen molar-refractivity contribution in [2.45, 2.75) is 13.3 Å². The molecule has 2 aliphatic rings. The number of carbonyl (C=O) groups excluding carboxylic acids is 2. The highest BCUT2D eigenvalue weighted by molar-refractivity contribution is 5.88. The van der Waals surface area contributed by atoms with Gasteiger partial charge in [0.15, 0.2) is 5.69 Å². The van der Waals surface area contributed by atoms with E-state index in [2.05, 4.69) is 9.72 Å². The maximum absolute atomic E-state index is 12.1. The van der Waals surface area contributed by atoms with Crippen molar-refractivity contribution in [2.24, 2.45) is 11.3 Å². The summed E-state index contributed by atoms with van der Waals surface area (Å²) in [6, 6.07) is 5.22. The zero-order chi connectivity index (χ0) is 16.6. The first kappa shape index (κ1) is 15.3. The van der Waals surface area contributed by atoms with E-state index in [-0.39, 0.29) is 23.3 Å². The Morgan fingerprint density at radius 3 is 2.96 bits per heavy atom. The summed E-state index contributed by atoms with van der Waals surface area (Å²) in [6.45, 7) is 3.37. The first-order chi connectivity index (χ1) is 11.1. The minimum atomic E-state index is -0.583. The van der Waals surface area contributed by atoms with Crippen LogP contribution in [0.15, 0.2) is 12.1 Å². The van der Waals surface area contributed by atoms with Gasteiger partial charge in [-0.15, -0.1) is 0 Å². The maximum Gasteiger partial charge on any atom is 0.356 e. The highest BCUT2D eigenvalue weighted by Gasteiger charge is 2.66. The van der Waals surface area contributed by atoms with Gasteiger partial charge in [0, 0.05) is 13.1 Å². The van der Waals surface area contributed by atoms with Crippen molar-refractivity contribution in [1.82, 2.24) is 4.98 Å². The minimum Gasteiger partial charge on any atom is -0.466 e. The molecular formula is C16H17N3O4. The van der Waals surface area contributed by atoms with Crippen LogP contribution in [0.1, 0.15) is 29.5 Å². The lowest BCUT2D eigenvalue weighted by Gasteiger charge is -2.23. The second kappa shape index (κ2) is 5.54. The predicted octanol–water partition coefficient (Wildman–Crippen LogP) is 1.13. The Balaban J connectivity index is 1.83. The van der Waals surface area contributed by atoms with Crippen molar-refractivity contribution < 1.29 is 19.1 Å². The number of ether oxygens (including phenoxy) is 2. The van der Waals surface area contributed by atoms with Gasteiger partial charge in [-0.3, -0.25) is 4.79 Å². The molecule has 2 fully saturated rings. The van der Waals surface area contributed by atoms with Crippen LogP contribution in [0, 0.1) is 22.7 Å². The van der Waals surface area contributed by atoms with Gasteiger partial charge in [-0.2, -0.15) is 5.26 Å². The molecule has 1 aromatic heterocycles. The summed E-state index contributed by atoms with van der Waals surface area (Å²) < 4.78 is 9.78. The molecule has 0 radical (unpaired) electrons. The van der Waals surface area contributed by atoms with Crippen LogP contribution in [0.4, 0.5) is 5.69 Å². The normalized spacial score (nSPS) is 24.6. The second-order valence-corrected chi connectivity index (χ2v) is 5.83. The van der Waals surface area contributed by atoms with Gasteiger partial charge in [0.25, 0.3) is 0 Å². The summed E-state index contributed by atoms with van der Waals surface area (Å²) in [6.07, 6.45) is 0.831. The van der Waals surface area contributed by atoms with Crippen LogP contribution in [-0.2, 0) is 14.3 Å². The summed E-state index contributed by atoms with van der Waals surface area (Å²) in [5.41, 5.74) is 0.450. The number of nitriles is 1. The molecule has 0 aromatic carbocycles. The van der Waals surface area contributed by atoms with Crippen molar-refractivity contribution in [3.63, 3.8) is 0 Å². The van der Waals surface area contributed by atoms with Crippen LogP contribution >= 0.6 is 0 Å². The summed E-state index contributed by atoms with van der Waals surface area (Å²) in [5.74, 6) is -0.487. The van der Waals surface area contributed by atoms with Crippen LogP contribution in [0.25, 0.3) is 0 Å². The van der Waals surface area contributed by atoms with E-state index in [1.54, 1.807) is 13.0 Å². The number of anilines is 1. The molecule has 0 unspecified atom stereocenters. The summed E-state index contributed by atoms with van der Waals surface area (Å²) >= 11 is 0. The third kappa shape index (κ3) is 2.40. The molecule has 1 aliphatic heterocycles. The molecule has 1 aliphatic carbocycles. The van der Waals surface area contributed by atoms with Crippen molar-refractivity contribution in [3.05, 3.63) is 23.5 Å². The average molecular weight is 315 g/mol. The largest absolute Gasteiger partial charge is 0.466 e. The second-order valence-electron chi connectivity index (χ2n) is 5.83. The number of rotatable bonds is 4. The topological polar surface area (TPSA) is 92.5 Å². The molecule has 1 aromatic rings. The molecule has 23 heavy (non-hydrogen) atoms. The first-order valence-electron chi connectivity index (χ1n) is 7.47. The lowest BCUT2D eigenvalue weighted by atomic mass is 10.1. The summed E-state index contributed by atoms with van der Waals surface area (Å²) in [5, 5.41) is 9.31. The molecule has 1 saturated carbocycles. The zero-order valence-electron chi connectivity index (χ0n) is 13.0. The average Bonchev–Trinajstić information content (AvgIpc) is 3.15. The molecule has 0 amide bonds. The molecule has 7 nitrogen and oxygen atoms in total. The number of methoxy groups -OCH3 is 1. The highest BCUT2D eigenvalue weighted by Crippen LogP contribution is 2.59. The number of piperidine rings is 1. The van der Waals surface area contributed by atoms with Gasteiger partial charge in [-0.05, 0) is 31.4 Å². The van der Waals surface area contributed by atoms with Gasteiger partial charge >= 0.3 is 11.9 Å². The van der Waals surface area contributed by atoms with Gasteiger partial charge in [0.1, 0.15) is 11.8 Å². The number of aromatic nitrogens is 1. The zero-order valence-corrected chi connectivity index (χ0v) is 13.0. The SMILES string of the molecule is CCOC(=O)[C@@]12C[C@@H]1CN(c1ccc(C(=O)OC)nc1C#N)C2. The van der Waals surface area contributed by atoms with E-state index < -0.39 is 11.4 Å². The third-order valence-corrected chi connectivity index (χ3v) is 4.54. The molecule has 7 heteroatoms. The lowest BCUT2D eigenvalue weighted by molar-refractivity contribution is -0.149. The number of pyridine rings is 1. The summed E-state index contributed by atoms with van der Waals surface area (Å²) in [4.78, 5) is 29.7. The van der Waals surface area contributed by atoms with Gasteiger partial charge < -0.3 is 14.4 Å². The van der Waals surface area contributed by atoms with Crippen LogP contribution in [0.2, 0.25) is 0 Å². The van der Waals surface area contributed by atoms with Gasteiger partial charge in [0.2, 0.25) is 0 Å². The van der Waals surface area contributed by atoms with Crippen LogP contribution in [0.5, 0.6) is 0 Å². The van der Waals surface area contributed by atoms with Gasteiger partial charge in [-0.1, -0.05) is 0 Å². The van der Waals surface area contributed by atoms with E-state index in [0.29, 0.717) is 25.4 Å². The standard InChI is InChI=1S/C16H17N3O4/c1-3-23-15(21)16-6-10(16)8-19(9-16)13-5-4-11(14(20)22-2)18-12(13)7-17/h4-5,10H,3,6,8-9H2,1-2H3/t10-,16-/m1/s1. The third-order valence-electron chi connectivity index (χ3n) is 4.54. The molecule has 3 rings (SSSR count). The van der Waals surface area contributed by atoms with Crippen molar-refractivity contribution in [2.75, 3.05) is 31.7 Å². The van der Waals surface area contributed by atoms with E-state index >= 15 is 0 Å². The predicted molar refractivity (Wildman–Crippen MR) is 79.7 cm³/mol. The lowest BCUT2D eigenvalue weighted by Crippen LogP contribution is -2.30. The van der Waals surface area contributed by atoms with Crippen LogP contribution < -0.4 is 4.90 Å². The Hall–Kier alpha value is -2.62. The monoisotopic (exact) mass is 315 g/mol. The number of hydrogen-bond donors (Lipinski definition) is 0. The quantitative estimate of drug-likeness (QED) is 0.769. The fraction of sp³-hybridized carbons (Fsp3) is 0.500. The number of hydrogen-bond acceptors (Lipinski definition) is 7. The van der Waals surface area contributed by atoms with E-state index in [4.69, 9.17) is 4.74 Å². The van der Waals surface area contributed by atoms with Crippen LogP contribution in [0.3, 0.4) is 0 Å². The molecule has 2 heterocycles. The molecule has 120 valence electrons. The van der Waals surface area contributed by atoms with Gasteiger partial charge in [0.05, 0.1) is 24.8 Å². The fourth-order valence-electron chi connectivity index (χ4n) is 3.27. The van der Waals surface area contributed by atoms with E-state index in [9.17, 15) is 14.9 Å². The maximum atomic E-state index is 12.1. The van der Waals surface area contributed by atoms with Gasteiger partial charge in [-0.25, -0.2) is 9.78 Å². The Morgan fingerprint density at radius 1 is 1.52 bits per heavy atom. The molecule has 1 saturated heterocycles. The number of esters is 2. The first-order valence-corrected chi connectivity index (χ1v) is 7.47. The molecule has 0 spiro atoms. The molecule has 2 atom stereocenters. The van der Waals surface area contributed by atoms with Crippen molar-refractivity contribution >= 4 is 17.6 Å². The van der Waals surface area contributed by atoms with E-state index in [1.165, 1.54) is 13.2 Å². The Morgan fingerprint density at radius 2 is 2.30 bits per heavy atom. The van der Waals surface area contributed by atoms with Crippen molar-refractivity contribution in [1.29, 1.82) is 5.26 Å². The van der Waals surface area contributed by atoms with Crippen LogP contribution in [-0.4, -0.2) is 43.7 Å². The number of nitrogens with zero attached hydrogens (tertiary/aromatic N) is 3. The number of fused-ring (bicyclic) bond motifs is 1. The molecular weight excluding hydrogens is 298 g/mol. The Kier molecular flexibility index (Phi) is 3.68.